The maximum absolute atomic E-state index is 13.1. The molecule has 0 heterocycles. The van der Waals surface area contributed by atoms with Gasteiger partial charge in [0, 0.05) is 13.1 Å². The molecule has 0 unspecified atom stereocenters. The van der Waals surface area contributed by atoms with Crippen LogP contribution in [0.1, 0.15) is 0 Å². The second-order valence-corrected chi connectivity index (χ2v) is 3.50. The average Bonchev–Trinajstić information content (AvgIpc) is 2.09. The SMILES string of the molecule is CN(CC(F)F)c1cc(F)c(Cl)cc1N. The first kappa shape index (κ1) is 12.0. The third kappa shape index (κ3) is 2.92. The molecule has 15 heavy (non-hydrogen) atoms. The number of hydrogen-bond acceptors (Lipinski definition) is 2. The van der Waals surface area contributed by atoms with Gasteiger partial charge in [-0.1, -0.05) is 11.6 Å². The molecule has 0 aromatic heterocycles. The van der Waals surface area contributed by atoms with Crippen LogP contribution >= 0.6 is 11.6 Å². The Morgan fingerprint density at radius 3 is 2.60 bits per heavy atom. The molecule has 0 saturated carbocycles. The molecule has 2 nitrogen and oxygen atoms in total. The number of hydrogen-bond donors (Lipinski definition) is 1. The summed E-state index contributed by atoms with van der Waals surface area (Å²) in [6.45, 7) is -0.509. The van der Waals surface area contributed by atoms with Gasteiger partial charge in [-0.3, -0.25) is 0 Å². The monoisotopic (exact) mass is 238 g/mol. The Balaban J connectivity index is 2.98. The van der Waals surface area contributed by atoms with Crippen molar-refractivity contribution in [3.8, 4) is 0 Å². The molecular weight excluding hydrogens is 229 g/mol. The highest BCUT2D eigenvalue weighted by Crippen LogP contribution is 2.28. The molecular formula is C9H10ClF3N2. The maximum Gasteiger partial charge on any atom is 0.255 e. The number of alkyl halides is 2. The number of benzene rings is 1. The van der Waals surface area contributed by atoms with Crippen molar-refractivity contribution < 1.29 is 13.2 Å². The van der Waals surface area contributed by atoms with Crippen LogP contribution in [0.15, 0.2) is 12.1 Å². The van der Waals surface area contributed by atoms with Gasteiger partial charge in [0.1, 0.15) is 5.82 Å². The van der Waals surface area contributed by atoms with Gasteiger partial charge in [0.25, 0.3) is 6.43 Å². The van der Waals surface area contributed by atoms with Gasteiger partial charge in [-0.25, -0.2) is 13.2 Å². The number of halogens is 4. The van der Waals surface area contributed by atoms with Crippen molar-refractivity contribution in [2.24, 2.45) is 0 Å². The van der Waals surface area contributed by atoms with Crippen LogP contribution in [0, 0.1) is 5.82 Å². The van der Waals surface area contributed by atoms with E-state index in [0.717, 1.165) is 6.07 Å². The lowest BCUT2D eigenvalue weighted by Gasteiger charge is -2.20. The van der Waals surface area contributed by atoms with Crippen molar-refractivity contribution in [1.29, 1.82) is 0 Å². The van der Waals surface area contributed by atoms with Crippen LogP contribution in [0.25, 0.3) is 0 Å². The predicted molar refractivity (Wildman–Crippen MR) is 55.1 cm³/mol. The van der Waals surface area contributed by atoms with E-state index >= 15 is 0 Å². The molecule has 0 spiro atoms. The van der Waals surface area contributed by atoms with Gasteiger partial charge in [-0.2, -0.15) is 0 Å². The van der Waals surface area contributed by atoms with Crippen molar-refractivity contribution in [2.45, 2.75) is 6.43 Å². The molecule has 0 saturated heterocycles. The van der Waals surface area contributed by atoms with Crippen LogP contribution in [0.2, 0.25) is 5.02 Å². The molecule has 0 amide bonds. The zero-order valence-electron chi connectivity index (χ0n) is 7.98. The van der Waals surface area contributed by atoms with Crippen molar-refractivity contribution in [2.75, 3.05) is 24.2 Å². The van der Waals surface area contributed by atoms with E-state index in [1.165, 1.54) is 18.0 Å². The van der Waals surface area contributed by atoms with Gasteiger partial charge in [-0.15, -0.1) is 0 Å². The number of nitrogens with zero attached hydrogens (tertiary/aromatic N) is 1. The number of nitrogen functional groups attached to an aromatic ring is 1. The fourth-order valence-corrected chi connectivity index (χ4v) is 1.36. The number of anilines is 2. The molecule has 0 atom stereocenters. The molecule has 84 valence electrons. The van der Waals surface area contributed by atoms with E-state index in [0.29, 0.717) is 0 Å². The molecule has 1 aromatic rings. The lowest BCUT2D eigenvalue weighted by Crippen LogP contribution is -2.25. The van der Waals surface area contributed by atoms with Crippen molar-refractivity contribution in [1.82, 2.24) is 0 Å². The van der Waals surface area contributed by atoms with Crippen LogP contribution in [0.3, 0.4) is 0 Å². The minimum absolute atomic E-state index is 0.123. The fourth-order valence-electron chi connectivity index (χ4n) is 1.19. The third-order valence-electron chi connectivity index (χ3n) is 1.89. The van der Waals surface area contributed by atoms with Crippen LogP contribution < -0.4 is 10.6 Å². The summed E-state index contributed by atoms with van der Waals surface area (Å²) >= 11 is 5.47. The molecule has 1 rings (SSSR count). The highest BCUT2D eigenvalue weighted by atomic mass is 35.5. The Labute approximate surface area is 90.4 Å². The Morgan fingerprint density at radius 1 is 1.47 bits per heavy atom. The maximum atomic E-state index is 13.1. The van der Waals surface area contributed by atoms with E-state index in [1.807, 2.05) is 0 Å². The third-order valence-corrected chi connectivity index (χ3v) is 2.18. The van der Waals surface area contributed by atoms with Crippen LogP contribution in [-0.2, 0) is 0 Å². The minimum Gasteiger partial charge on any atom is -0.397 e. The van der Waals surface area contributed by atoms with Gasteiger partial charge < -0.3 is 10.6 Å². The smallest absolute Gasteiger partial charge is 0.255 e. The van der Waals surface area contributed by atoms with E-state index in [9.17, 15) is 13.2 Å². The first-order valence-electron chi connectivity index (χ1n) is 4.15. The topological polar surface area (TPSA) is 29.3 Å². The second-order valence-electron chi connectivity index (χ2n) is 3.10. The summed E-state index contributed by atoms with van der Waals surface area (Å²) in [4.78, 5) is 1.18. The van der Waals surface area contributed by atoms with Gasteiger partial charge >= 0.3 is 0 Å². The van der Waals surface area contributed by atoms with E-state index < -0.39 is 18.8 Å². The summed E-state index contributed by atoms with van der Waals surface area (Å²) in [5, 5.41) is -0.123. The van der Waals surface area contributed by atoms with Gasteiger partial charge in [-0.05, 0) is 6.07 Å². The molecule has 0 fully saturated rings. The zero-order chi connectivity index (χ0) is 11.6. The summed E-state index contributed by atoms with van der Waals surface area (Å²) < 4.78 is 37.2. The van der Waals surface area contributed by atoms with Crippen molar-refractivity contribution >= 4 is 23.0 Å². The number of nitrogens with two attached hydrogens (primary N) is 1. The van der Waals surface area contributed by atoms with Gasteiger partial charge in [0.2, 0.25) is 0 Å². The summed E-state index contributed by atoms with van der Waals surface area (Å²) in [7, 11) is 1.41. The van der Waals surface area contributed by atoms with E-state index in [-0.39, 0.29) is 16.4 Å². The number of rotatable bonds is 3. The lowest BCUT2D eigenvalue weighted by molar-refractivity contribution is 0.156. The van der Waals surface area contributed by atoms with E-state index in [1.54, 1.807) is 0 Å². The highest BCUT2D eigenvalue weighted by molar-refractivity contribution is 6.31. The molecule has 2 N–H and O–H groups in total. The molecule has 0 radical (unpaired) electrons. The first-order chi connectivity index (χ1) is 6.91. The van der Waals surface area contributed by atoms with E-state index in [2.05, 4.69) is 0 Å². The van der Waals surface area contributed by atoms with Crippen LogP contribution in [0.4, 0.5) is 24.5 Å². The quantitative estimate of drug-likeness (QED) is 0.821. The predicted octanol–water partition coefficient (Wildman–Crippen LogP) is 2.76. The fraction of sp³-hybridized carbons (Fsp3) is 0.333. The van der Waals surface area contributed by atoms with Crippen molar-refractivity contribution in [3.05, 3.63) is 23.0 Å². The van der Waals surface area contributed by atoms with E-state index in [4.69, 9.17) is 17.3 Å². The largest absolute Gasteiger partial charge is 0.397 e. The van der Waals surface area contributed by atoms with Gasteiger partial charge in [0.05, 0.1) is 22.9 Å². The Kier molecular flexibility index (Phi) is 3.68. The lowest BCUT2D eigenvalue weighted by atomic mass is 10.2. The average molecular weight is 239 g/mol. The molecule has 0 bridgehead atoms. The minimum atomic E-state index is -2.51. The normalized spacial score (nSPS) is 10.8. The summed E-state index contributed by atoms with van der Waals surface area (Å²) in [6.07, 6.45) is -2.51. The Hall–Kier alpha value is -1.10. The molecule has 0 aliphatic carbocycles. The zero-order valence-corrected chi connectivity index (χ0v) is 8.73. The van der Waals surface area contributed by atoms with Crippen LogP contribution in [-0.4, -0.2) is 20.0 Å². The van der Waals surface area contributed by atoms with Crippen LogP contribution in [0.5, 0.6) is 0 Å². The summed E-state index contributed by atoms with van der Waals surface area (Å²) in [5.74, 6) is -0.679. The molecule has 0 aliphatic heterocycles. The summed E-state index contributed by atoms with van der Waals surface area (Å²) in [6, 6.07) is 2.24. The highest BCUT2D eigenvalue weighted by Gasteiger charge is 2.13. The molecule has 1 aromatic carbocycles. The second kappa shape index (κ2) is 4.61. The first-order valence-corrected chi connectivity index (χ1v) is 4.53. The summed E-state index contributed by atoms with van der Waals surface area (Å²) in [5.41, 5.74) is 5.91. The van der Waals surface area contributed by atoms with Crippen molar-refractivity contribution in [3.63, 3.8) is 0 Å². The molecule has 0 aliphatic rings. The Morgan fingerprint density at radius 2 is 2.07 bits per heavy atom. The standard InChI is InChI=1S/C9H10ClF3N2/c1-15(4-9(12)13)8-3-6(11)5(10)2-7(8)14/h2-3,9H,4,14H2,1H3. The Bertz CT molecular complexity index is 357. The molecule has 6 heteroatoms. The van der Waals surface area contributed by atoms with Gasteiger partial charge in [0.15, 0.2) is 0 Å².